The molecular formula is C25H33N3O3. The minimum atomic E-state index is 0.250. The first-order chi connectivity index (χ1) is 15.1. The van der Waals surface area contributed by atoms with Crippen molar-refractivity contribution in [3.05, 3.63) is 65.7 Å². The number of rotatable bonds is 8. The van der Waals surface area contributed by atoms with E-state index in [1.165, 1.54) is 17.5 Å². The summed E-state index contributed by atoms with van der Waals surface area (Å²) >= 11 is 0. The molecule has 2 fully saturated rings. The molecule has 2 aromatic rings. The summed E-state index contributed by atoms with van der Waals surface area (Å²) in [4.78, 5) is 23.1. The van der Waals surface area contributed by atoms with Crippen molar-refractivity contribution in [3.8, 4) is 5.75 Å². The smallest absolute Gasteiger partial charge is 0.222 e. The van der Waals surface area contributed by atoms with Crippen LogP contribution >= 0.6 is 0 Å². The van der Waals surface area contributed by atoms with Crippen LogP contribution in [-0.2, 0) is 16.0 Å². The summed E-state index contributed by atoms with van der Waals surface area (Å²) in [5, 5.41) is 13.0. The molecule has 6 heteroatoms. The van der Waals surface area contributed by atoms with Crippen LogP contribution in [0.3, 0.4) is 0 Å². The normalized spacial score (nSPS) is 22.4. The molecule has 1 saturated carbocycles. The number of hydrogen-bond donors (Lipinski definition) is 3. The van der Waals surface area contributed by atoms with Gasteiger partial charge in [-0.15, -0.1) is 0 Å². The zero-order chi connectivity index (χ0) is 22.1. The van der Waals surface area contributed by atoms with Crippen molar-refractivity contribution in [2.24, 2.45) is 11.7 Å². The lowest BCUT2D eigenvalue weighted by Gasteiger charge is -2.32. The number of phenols is 1. The number of nitrogens with one attached hydrogen (secondary N) is 1. The largest absolute Gasteiger partial charge is 0.508 e. The number of hydrogen-bond acceptors (Lipinski definition) is 4. The standard InChI is InChI=1S/C24H30N2O2.CH3NO/c27-21-10-8-18(9-11-21)5-4-13-26-14-12-19(15-24(26)28)17-25-23-16-22(23)20-6-2-1-3-7-20;2-1-3/h1-3,6-11,19,22-23,25,27H,4-5,12-17H2;1H,(H2,2,3). The van der Waals surface area contributed by atoms with Gasteiger partial charge in [0.25, 0.3) is 0 Å². The van der Waals surface area contributed by atoms with Crippen LogP contribution < -0.4 is 11.1 Å². The van der Waals surface area contributed by atoms with Crippen LogP contribution in [0.15, 0.2) is 54.6 Å². The fraction of sp³-hybridized carbons (Fsp3) is 0.440. The number of benzene rings is 2. The van der Waals surface area contributed by atoms with Crippen molar-refractivity contribution in [2.75, 3.05) is 19.6 Å². The van der Waals surface area contributed by atoms with Gasteiger partial charge < -0.3 is 21.1 Å². The van der Waals surface area contributed by atoms with Gasteiger partial charge in [-0.2, -0.15) is 0 Å². The van der Waals surface area contributed by atoms with Gasteiger partial charge in [0.2, 0.25) is 12.3 Å². The number of amides is 2. The van der Waals surface area contributed by atoms with Crippen LogP contribution in [0.4, 0.5) is 0 Å². The maximum Gasteiger partial charge on any atom is 0.222 e. The molecule has 1 saturated heterocycles. The molecule has 3 unspecified atom stereocenters. The van der Waals surface area contributed by atoms with E-state index in [9.17, 15) is 9.90 Å². The highest BCUT2D eigenvalue weighted by atomic mass is 16.3. The number of nitrogens with two attached hydrogens (primary N) is 1. The molecule has 2 aliphatic rings. The maximum atomic E-state index is 12.5. The zero-order valence-corrected chi connectivity index (χ0v) is 18.0. The Morgan fingerprint density at radius 2 is 1.84 bits per heavy atom. The van der Waals surface area contributed by atoms with Crippen molar-refractivity contribution in [3.63, 3.8) is 0 Å². The first-order valence-corrected chi connectivity index (χ1v) is 11.1. The summed E-state index contributed by atoms with van der Waals surface area (Å²) in [5.74, 6) is 1.73. The molecule has 4 rings (SSSR count). The second kappa shape index (κ2) is 11.5. The van der Waals surface area contributed by atoms with Gasteiger partial charge >= 0.3 is 0 Å². The lowest BCUT2D eigenvalue weighted by Crippen LogP contribution is -2.42. The molecule has 1 aliphatic carbocycles. The van der Waals surface area contributed by atoms with Crippen LogP contribution in [-0.4, -0.2) is 48.0 Å². The second-order valence-electron chi connectivity index (χ2n) is 8.41. The Kier molecular flexibility index (Phi) is 8.47. The van der Waals surface area contributed by atoms with Gasteiger partial charge in [0.05, 0.1) is 0 Å². The molecule has 166 valence electrons. The van der Waals surface area contributed by atoms with Crippen molar-refractivity contribution in [1.29, 1.82) is 0 Å². The zero-order valence-electron chi connectivity index (χ0n) is 18.0. The van der Waals surface area contributed by atoms with Gasteiger partial charge in [0, 0.05) is 31.5 Å². The molecule has 1 aliphatic heterocycles. The van der Waals surface area contributed by atoms with Crippen LogP contribution in [0.5, 0.6) is 5.75 Å². The van der Waals surface area contributed by atoms with Crippen molar-refractivity contribution in [2.45, 2.75) is 44.1 Å². The molecule has 2 amide bonds. The minimum absolute atomic E-state index is 0.250. The van der Waals surface area contributed by atoms with Gasteiger partial charge in [0.1, 0.15) is 5.75 Å². The number of carbonyl (C=O) groups is 2. The Morgan fingerprint density at radius 1 is 1.13 bits per heavy atom. The Morgan fingerprint density at radius 3 is 2.52 bits per heavy atom. The third-order valence-electron chi connectivity index (χ3n) is 6.14. The van der Waals surface area contributed by atoms with Gasteiger partial charge in [-0.25, -0.2) is 0 Å². The van der Waals surface area contributed by atoms with Crippen LogP contribution in [0.2, 0.25) is 0 Å². The minimum Gasteiger partial charge on any atom is -0.508 e. The molecule has 0 aromatic heterocycles. The van der Waals surface area contributed by atoms with Crippen LogP contribution in [0, 0.1) is 5.92 Å². The molecule has 3 atom stereocenters. The summed E-state index contributed by atoms with van der Waals surface area (Å²) in [6.45, 7) is 2.67. The van der Waals surface area contributed by atoms with E-state index in [2.05, 4.69) is 41.4 Å². The molecule has 4 N–H and O–H groups in total. The molecule has 0 radical (unpaired) electrons. The van der Waals surface area contributed by atoms with Crippen molar-refractivity contribution >= 4 is 12.3 Å². The highest BCUT2D eigenvalue weighted by Gasteiger charge is 2.38. The lowest BCUT2D eigenvalue weighted by molar-refractivity contribution is -0.135. The van der Waals surface area contributed by atoms with Gasteiger partial charge in [-0.3, -0.25) is 9.59 Å². The highest BCUT2D eigenvalue weighted by molar-refractivity contribution is 5.77. The van der Waals surface area contributed by atoms with Gasteiger partial charge in [-0.05, 0) is 61.4 Å². The van der Waals surface area contributed by atoms with Crippen molar-refractivity contribution < 1.29 is 14.7 Å². The summed E-state index contributed by atoms with van der Waals surface area (Å²) in [7, 11) is 0. The Balaban J connectivity index is 0.000000858. The van der Waals surface area contributed by atoms with E-state index in [1.54, 1.807) is 12.1 Å². The molecule has 31 heavy (non-hydrogen) atoms. The Bertz CT molecular complexity index is 826. The van der Waals surface area contributed by atoms with E-state index >= 15 is 0 Å². The summed E-state index contributed by atoms with van der Waals surface area (Å²) in [6, 6.07) is 18.7. The third kappa shape index (κ3) is 7.10. The average molecular weight is 424 g/mol. The monoisotopic (exact) mass is 423 g/mol. The number of aromatic hydroxyl groups is 1. The summed E-state index contributed by atoms with van der Waals surface area (Å²) in [6.07, 6.45) is 5.15. The predicted octanol–water partition coefficient (Wildman–Crippen LogP) is 2.81. The molecule has 2 aromatic carbocycles. The SMILES string of the molecule is NC=O.O=C1CC(CNC2CC2c2ccccc2)CCN1CCCc1ccc(O)cc1. The van der Waals surface area contributed by atoms with E-state index < -0.39 is 0 Å². The van der Waals surface area contributed by atoms with E-state index in [-0.39, 0.29) is 6.41 Å². The highest BCUT2D eigenvalue weighted by Crippen LogP contribution is 2.40. The molecule has 1 heterocycles. The maximum absolute atomic E-state index is 12.5. The number of primary amides is 1. The Hall–Kier alpha value is -2.86. The first kappa shape index (κ1) is 22.8. The Labute approximate surface area is 184 Å². The number of nitrogens with zero attached hydrogens (tertiary/aromatic N) is 1. The quantitative estimate of drug-likeness (QED) is 0.569. The molecule has 0 bridgehead atoms. The average Bonchev–Trinajstić information content (AvgIpc) is 3.56. The topological polar surface area (TPSA) is 95.7 Å². The predicted molar refractivity (Wildman–Crippen MR) is 122 cm³/mol. The molecule has 0 spiro atoms. The first-order valence-electron chi connectivity index (χ1n) is 11.1. The van der Waals surface area contributed by atoms with E-state index in [0.717, 1.165) is 38.9 Å². The number of aryl methyl sites for hydroxylation is 1. The van der Waals surface area contributed by atoms with E-state index in [1.807, 2.05) is 17.0 Å². The third-order valence-corrected chi connectivity index (χ3v) is 6.14. The van der Waals surface area contributed by atoms with E-state index in [4.69, 9.17) is 4.79 Å². The summed E-state index contributed by atoms with van der Waals surface area (Å²) in [5.41, 5.74) is 6.81. The number of carbonyl (C=O) groups excluding carboxylic acids is 2. The number of piperidine rings is 1. The number of likely N-dealkylation sites (tertiary alicyclic amines) is 1. The fourth-order valence-corrected chi connectivity index (χ4v) is 4.30. The number of phenolic OH excluding ortho intramolecular Hbond substituents is 1. The summed E-state index contributed by atoms with van der Waals surface area (Å²) < 4.78 is 0. The molecular weight excluding hydrogens is 390 g/mol. The van der Waals surface area contributed by atoms with Gasteiger partial charge in [-0.1, -0.05) is 42.5 Å². The lowest BCUT2D eigenvalue weighted by atomic mass is 9.95. The fourth-order valence-electron chi connectivity index (χ4n) is 4.30. The second-order valence-corrected chi connectivity index (χ2v) is 8.41. The van der Waals surface area contributed by atoms with Crippen LogP contribution in [0.25, 0.3) is 0 Å². The van der Waals surface area contributed by atoms with Gasteiger partial charge in [0.15, 0.2) is 0 Å². The van der Waals surface area contributed by atoms with Crippen molar-refractivity contribution in [1.82, 2.24) is 10.2 Å². The molecule has 6 nitrogen and oxygen atoms in total. The van der Waals surface area contributed by atoms with E-state index in [0.29, 0.717) is 36.0 Å². The van der Waals surface area contributed by atoms with Crippen LogP contribution in [0.1, 0.15) is 42.7 Å².